The number of benzene rings is 1. The highest BCUT2D eigenvalue weighted by Crippen LogP contribution is 2.51. The first-order chi connectivity index (χ1) is 18.1. The van der Waals surface area contributed by atoms with Crippen molar-refractivity contribution in [1.82, 2.24) is 15.1 Å². The van der Waals surface area contributed by atoms with Crippen LogP contribution in [-0.2, 0) is 4.79 Å². The molecule has 2 amide bonds. The highest BCUT2D eigenvalue weighted by atomic mass is 19.3. The molecule has 9 nitrogen and oxygen atoms in total. The van der Waals surface area contributed by atoms with Gasteiger partial charge in [-0.25, -0.2) is 13.8 Å². The smallest absolute Gasteiger partial charge is 0.251 e. The molecular weight excluding hydrogens is 494 g/mol. The van der Waals surface area contributed by atoms with Gasteiger partial charge in [-0.3, -0.25) is 9.59 Å². The van der Waals surface area contributed by atoms with E-state index in [2.05, 4.69) is 17.2 Å². The minimum atomic E-state index is -2.77. The van der Waals surface area contributed by atoms with Gasteiger partial charge in [-0.2, -0.15) is 0 Å². The monoisotopic (exact) mass is 528 g/mol. The van der Waals surface area contributed by atoms with Crippen molar-refractivity contribution in [2.24, 2.45) is 16.1 Å². The Bertz CT molecular complexity index is 1220. The van der Waals surface area contributed by atoms with E-state index in [0.29, 0.717) is 47.9 Å². The van der Waals surface area contributed by atoms with Gasteiger partial charge in [0.05, 0.1) is 18.2 Å². The topological polar surface area (TPSA) is 112 Å². The van der Waals surface area contributed by atoms with Gasteiger partial charge in [0.1, 0.15) is 17.3 Å². The molecule has 3 saturated carbocycles. The number of methoxy groups -OCH3 is 1. The van der Waals surface area contributed by atoms with E-state index in [1.807, 2.05) is 4.90 Å². The highest BCUT2D eigenvalue weighted by Gasteiger charge is 2.57. The van der Waals surface area contributed by atoms with Crippen molar-refractivity contribution in [2.45, 2.75) is 63.0 Å². The van der Waals surface area contributed by atoms with Crippen LogP contribution in [0.25, 0.3) is 0 Å². The summed E-state index contributed by atoms with van der Waals surface area (Å²) in [7, 11) is 3.13. The number of likely N-dealkylation sites (N-methyl/N-ethyl adjacent to an activating group) is 1. The van der Waals surface area contributed by atoms with Gasteiger partial charge in [0.15, 0.2) is 5.84 Å². The van der Waals surface area contributed by atoms with E-state index in [9.17, 15) is 18.4 Å². The number of halogens is 2. The number of amidine groups is 1. The average molecular weight is 529 g/mol. The lowest BCUT2D eigenvalue weighted by molar-refractivity contribution is -0.133. The Morgan fingerprint density at radius 1 is 1.26 bits per heavy atom. The molecule has 1 aromatic rings. The molecule has 5 rings (SSSR count). The molecule has 0 unspecified atom stereocenters. The molecule has 1 spiro atoms. The van der Waals surface area contributed by atoms with E-state index in [-0.39, 0.29) is 42.9 Å². The number of hydrogen-bond acceptors (Lipinski definition) is 6. The second-order valence-corrected chi connectivity index (χ2v) is 10.7. The van der Waals surface area contributed by atoms with Crippen molar-refractivity contribution in [1.29, 1.82) is 0 Å². The van der Waals surface area contributed by atoms with E-state index >= 15 is 0 Å². The Morgan fingerprint density at radius 3 is 2.58 bits per heavy atom. The zero-order valence-corrected chi connectivity index (χ0v) is 21.7. The van der Waals surface area contributed by atoms with Gasteiger partial charge in [-0.05, 0) is 50.3 Å². The number of aliphatic imine (C=N–C) groups is 1. The second kappa shape index (κ2) is 9.59. The molecule has 1 atom stereocenters. The fourth-order valence-corrected chi connectivity index (χ4v) is 5.30. The van der Waals surface area contributed by atoms with Gasteiger partial charge in [0.25, 0.3) is 5.91 Å². The molecule has 4 fully saturated rings. The standard InChI is InChI=1S/C27H34F2N6O3/c1-16(31-20-7-4-17(12-22(20)38-3)24(36)33-18-5-6-18)32-23-21(14-30)34(2)25(37)26(10-11-26)15-35(23)19-8-9-27(28,29)13-19/h4,7,12,14,18-19,31H,1,5-6,8-11,13,15,30H2,2-3H3,(H,33,36)/b21-14+,32-23?/t19-/m1/s1. The Balaban J connectivity index is 1.44. The molecule has 204 valence electrons. The van der Waals surface area contributed by atoms with Gasteiger partial charge in [-0.15, -0.1) is 0 Å². The van der Waals surface area contributed by atoms with Crippen LogP contribution in [0.2, 0.25) is 0 Å². The average Bonchev–Trinajstić information content (AvgIpc) is 3.81. The lowest BCUT2D eigenvalue weighted by Gasteiger charge is -2.32. The number of nitrogens with two attached hydrogens (primary N) is 1. The molecule has 1 aromatic carbocycles. The third-order valence-corrected chi connectivity index (χ3v) is 7.82. The molecule has 3 aliphatic carbocycles. The number of nitrogens with zero attached hydrogens (tertiary/aromatic N) is 3. The lowest BCUT2D eigenvalue weighted by atomic mass is 10.0. The van der Waals surface area contributed by atoms with Gasteiger partial charge in [0, 0.05) is 50.3 Å². The van der Waals surface area contributed by atoms with Crippen LogP contribution in [0.15, 0.2) is 47.5 Å². The SMILES string of the molecule is C=C(N=C1/C(=C\N)N(C)C(=O)C2(CC2)CN1[C@@H]1CCC(F)(F)C1)Nc1ccc(C(=O)NC2CC2)cc1OC. The summed E-state index contributed by atoms with van der Waals surface area (Å²) in [5, 5.41) is 6.04. The highest BCUT2D eigenvalue weighted by molar-refractivity contribution is 6.05. The number of anilines is 1. The van der Waals surface area contributed by atoms with Crippen LogP contribution in [0.3, 0.4) is 0 Å². The zero-order valence-electron chi connectivity index (χ0n) is 21.7. The first-order valence-corrected chi connectivity index (χ1v) is 12.9. The number of ether oxygens (including phenoxy) is 1. The third-order valence-electron chi connectivity index (χ3n) is 7.82. The normalized spacial score (nSPS) is 26.0. The van der Waals surface area contributed by atoms with Crippen molar-refractivity contribution in [2.75, 3.05) is 26.0 Å². The molecule has 1 heterocycles. The number of rotatable bonds is 7. The van der Waals surface area contributed by atoms with Crippen molar-refractivity contribution in [3.05, 3.63) is 48.1 Å². The number of alkyl halides is 2. The van der Waals surface area contributed by atoms with E-state index in [0.717, 1.165) is 12.8 Å². The molecule has 38 heavy (non-hydrogen) atoms. The number of hydrogen-bond donors (Lipinski definition) is 3. The number of nitrogens with one attached hydrogen (secondary N) is 2. The van der Waals surface area contributed by atoms with Crippen molar-refractivity contribution in [3.8, 4) is 5.75 Å². The van der Waals surface area contributed by atoms with Crippen molar-refractivity contribution >= 4 is 23.3 Å². The van der Waals surface area contributed by atoms with Crippen LogP contribution in [0.1, 0.15) is 55.3 Å². The molecule has 1 saturated heterocycles. The molecular formula is C27H34F2N6O3. The van der Waals surface area contributed by atoms with Crippen molar-refractivity contribution < 1.29 is 23.1 Å². The molecule has 1 aliphatic heterocycles. The molecule has 0 radical (unpaired) electrons. The minimum absolute atomic E-state index is 0.0885. The van der Waals surface area contributed by atoms with E-state index in [1.54, 1.807) is 25.2 Å². The summed E-state index contributed by atoms with van der Waals surface area (Å²) in [6, 6.07) is 4.75. The van der Waals surface area contributed by atoms with E-state index in [1.165, 1.54) is 18.2 Å². The van der Waals surface area contributed by atoms with Gasteiger partial charge in [0.2, 0.25) is 11.8 Å². The van der Waals surface area contributed by atoms with Crippen LogP contribution in [0, 0.1) is 5.41 Å². The fourth-order valence-electron chi connectivity index (χ4n) is 5.30. The van der Waals surface area contributed by atoms with Crippen LogP contribution in [-0.4, -0.2) is 66.2 Å². The molecule has 0 aromatic heterocycles. The van der Waals surface area contributed by atoms with Gasteiger partial charge >= 0.3 is 0 Å². The molecule has 4 N–H and O–H groups in total. The van der Waals surface area contributed by atoms with Crippen molar-refractivity contribution in [3.63, 3.8) is 0 Å². The predicted molar refractivity (Wildman–Crippen MR) is 140 cm³/mol. The maximum absolute atomic E-state index is 14.3. The fraction of sp³-hybridized carbons (Fsp3) is 0.519. The maximum atomic E-state index is 14.3. The Hall–Kier alpha value is -3.63. The second-order valence-electron chi connectivity index (χ2n) is 10.7. The largest absolute Gasteiger partial charge is 0.495 e. The van der Waals surface area contributed by atoms with E-state index < -0.39 is 17.4 Å². The summed E-state index contributed by atoms with van der Waals surface area (Å²) < 4.78 is 34.0. The minimum Gasteiger partial charge on any atom is -0.495 e. The summed E-state index contributed by atoms with van der Waals surface area (Å²) in [4.78, 5) is 33.7. The quantitative estimate of drug-likeness (QED) is 0.500. The first-order valence-electron chi connectivity index (χ1n) is 12.9. The summed E-state index contributed by atoms with van der Waals surface area (Å²) in [6.07, 6.45) is 4.41. The summed E-state index contributed by atoms with van der Waals surface area (Å²) in [5.41, 5.74) is 6.70. The van der Waals surface area contributed by atoms with Gasteiger partial charge < -0.3 is 30.9 Å². The maximum Gasteiger partial charge on any atom is 0.251 e. The number of carbonyl (C=O) groups is 2. The van der Waals surface area contributed by atoms with Gasteiger partial charge in [-0.1, -0.05) is 6.58 Å². The summed E-state index contributed by atoms with van der Waals surface area (Å²) in [6.45, 7) is 4.33. The third kappa shape index (κ3) is 5.06. The van der Waals surface area contributed by atoms with Crippen LogP contribution >= 0.6 is 0 Å². The first kappa shape index (κ1) is 26.0. The lowest BCUT2D eigenvalue weighted by Crippen LogP contribution is -2.43. The van der Waals surface area contributed by atoms with Crippen LogP contribution in [0.4, 0.5) is 14.5 Å². The Kier molecular flexibility index (Phi) is 6.56. The van der Waals surface area contributed by atoms with Crippen LogP contribution in [0.5, 0.6) is 5.75 Å². The Morgan fingerprint density at radius 2 is 2.00 bits per heavy atom. The summed E-state index contributed by atoms with van der Waals surface area (Å²) >= 11 is 0. The zero-order chi connectivity index (χ0) is 27.2. The number of amides is 2. The molecule has 11 heteroatoms. The summed E-state index contributed by atoms with van der Waals surface area (Å²) in [5.74, 6) is -2.08. The van der Waals surface area contributed by atoms with E-state index in [4.69, 9.17) is 15.5 Å². The Labute approximate surface area is 220 Å². The number of carbonyl (C=O) groups excluding carboxylic acids is 2. The van der Waals surface area contributed by atoms with Crippen LogP contribution < -0.4 is 21.1 Å². The molecule has 0 bridgehead atoms. The predicted octanol–water partition coefficient (Wildman–Crippen LogP) is 3.41. The molecule has 4 aliphatic rings.